The number of carbonyl (C=O) groups is 1. The van der Waals surface area contributed by atoms with Gasteiger partial charge in [0.2, 0.25) is 5.91 Å². The second-order valence-corrected chi connectivity index (χ2v) is 5.66. The number of methoxy groups -OCH3 is 1. The fraction of sp³-hybridized carbons (Fsp3) is 0.562. The SMILES string of the molecule is COC1(CC(=O)N(C)C(C)c2ccccc2O)CCC1. The Morgan fingerprint density at radius 1 is 1.45 bits per heavy atom. The third-order valence-corrected chi connectivity index (χ3v) is 4.53. The Balaban J connectivity index is 2.05. The van der Waals surface area contributed by atoms with Crippen molar-refractivity contribution in [3.8, 4) is 5.75 Å². The van der Waals surface area contributed by atoms with Crippen LogP contribution in [0.5, 0.6) is 5.75 Å². The largest absolute Gasteiger partial charge is 0.508 e. The highest BCUT2D eigenvalue weighted by Gasteiger charge is 2.40. The summed E-state index contributed by atoms with van der Waals surface area (Å²) in [6.07, 6.45) is 3.44. The van der Waals surface area contributed by atoms with Gasteiger partial charge in [-0.3, -0.25) is 4.79 Å². The number of nitrogens with zero attached hydrogens (tertiary/aromatic N) is 1. The van der Waals surface area contributed by atoms with Crippen molar-refractivity contribution in [3.63, 3.8) is 0 Å². The van der Waals surface area contributed by atoms with Gasteiger partial charge in [-0.15, -0.1) is 0 Å². The molecule has 1 aliphatic rings. The molecule has 4 nitrogen and oxygen atoms in total. The van der Waals surface area contributed by atoms with Crippen LogP contribution >= 0.6 is 0 Å². The lowest BCUT2D eigenvalue weighted by Crippen LogP contribution is -2.44. The van der Waals surface area contributed by atoms with Crippen molar-refractivity contribution < 1.29 is 14.6 Å². The van der Waals surface area contributed by atoms with Crippen LogP contribution in [0.4, 0.5) is 0 Å². The summed E-state index contributed by atoms with van der Waals surface area (Å²) in [5.41, 5.74) is 0.507. The average molecular weight is 277 g/mol. The Morgan fingerprint density at radius 3 is 2.60 bits per heavy atom. The molecule has 0 heterocycles. The Morgan fingerprint density at radius 2 is 2.10 bits per heavy atom. The van der Waals surface area contributed by atoms with E-state index in [-0.39, 0.29) is 23.3 Å². The Bertz CT molecular complexity index is 477. The van der Waals surface area contributed by atoms with E-state index in [1.807, 2.05) is 19.1 Å². The van der Waals surface area contributed by atoms with E-state index in [4.69, 9.17) is 4.74 Å². The molecule has 4 heteroatoms. The molecule has 0 aliphatic heterocycles. The van der Waals surface area contributed by atoms with Gasteiger partial charge in [-0.1, -0.05) is 18.2 Å². The van der Waals surface area contributed by atoms with Gasteiger partial charge in [0.05, 0.1) is 18.1 Å². The molecule has 1 atom stereocenters. The van der Waals surface area contributed by atoms with Crippen LogP contribution in [0.3, 0.4) is 0 Å². The van der Waals surface area contributed by atoms with Crippen LogP contribution < -0.4 is 0 Å². The standard InChI is InChI=1S/C16H23NO3/c1-12(13-7-4-5-8-14(13)18)17(2)15(19)11-16(20-3)9-6-10-16/h4-5,7-8,12,18H,6,9-11H2,1-3H3. The van der Waals surface area contributed by atoms with E-state index in [2.05, 4.69) is 0 Å². The molecule has 1 amide bonds. The quantitative estimate of drug-likeness (QED) is 0.900. The van der Waals surface area contributed by atoms with Crippen molar-refractivity contribution in [2.75, 3.05) is 14.2 Å². The summed E-state index contributed by atoms with van der Waals surface area (Å²) in [5, 5.41) is 9.89. The molecule has 20 heavy (non-hydrogen) atoms. The highest BCUT2D eigenvalue weighted by molar-refractivity contribution is 5.77. The van der Waals surface area contributed by atoms with Gasteiger partial charge in [0, 0.05) is 19.7 Å². The van der Waals surface area contributed by atoms with Crippen molar-refractivity contribution >= 4 is 5.91 Å². The molecular weight excluding hydrogens is 254 g/mol. The maximum Gasteiger partial charge on any atom is 0.225 e. The first-order valence-electron chi connectivity index (χ1n) is 7.08. The molecule has 1 aliphatic carbocycles. The summed E-state index contributed by atoms with van der Waals surface area (Å²) < 4.78 is 5.51. The average Bonchev–Trinajstić information content (AvgIpc) is 2.41. The molecule has 0 spiro atoms. The summed E-state index contributed by atoms with van der Waals surface area (Å²) in [7, 11) is 3.46. The van der Waals surface area contributed by atoms with Crippen LogP contribution in [0.25, 0.3) is 0 Å². The minimum absolute atomic E-state index is 0.0577. The van der Waals surface area contributed by atoms with E-state index in [9.17, 15) is 9.90 Å². The molecule has 1 N–H and O–H groups in total. The maximum absolute atomic E-state index is 12.4. The second kappa shape index (κ2) is 5.83. The molecule has 110 valence electrons. The van der Waals surface area contributed by atoms with Gasteiger partial charge in [-0.2, -0.15) is 0 Å². The van der Waals surface area contributed by atoms with Crippen LogP contribution in [0.15, 0.2) is 24.3 Å². The second-order valence-electron chi connectivity index (χ2n) is 5.66. The number of phenolic OH excluding ortho intramolecular Hbond substituents is 1. The Hall–Kier alpha value is -1.55. The van der Waals surface area contributed by atoms with Crippen molar-refractivity contribution in [2.24, 2.45) is 0 Å². The molecule has 2 rings (SSSR count). The van der Waals surface area contributed by atoms with Gasteiger partial charge in [-0.05, 0) is 32.3 Å². The van der Waals surface area contributed by atoms with E-state index in [0.717, 1.165) is 24.8 Å². The summed E-state index contributed by atoms with van der Waals surface area (Å²) in [6.45, 7) is 1.92. The number of phenols is 1. The van der Waals surface area contributed by atoms with E-state index >= 15 is 0 Å². The lowest BCUT2D eigenvalue weighted by molar-refractivity contribution is -0.144. The fourth-order valence-corrected chi connectivity index (χ4v) is 2.69. The number of hydrogen-bond acceptors (Lipinski definition) is 3. The number of rotatable bonds is 5. The number of carbonyl (C=O) groups excluding carboxylic acids is 1. The van der Waals surface area contributed by atoms with Crippen LogP contribution in [0.2, 0.25) is 0 Å². The number of amides is 1. The topological polar surface area (TPSA) is 49.8 Å². The predicted octanol–water partition coefficient (Wildman–Crippen LogP) is 2.87. The number of benzene rings is 1. The number of hydrogen-bond donors (Lipinski definition) is 1. The summed E-state index contributed by atoms with van der Waals surface area (Å²) in [5.74, 6) is 0.284. The van der Waals surface area contributed by atoms with Crippen LogP contribution in [-0.4, -0.2) is 35.7 Å². The van der Waals surface area contributed by atoms with Crippen molar-refractivity contribution in [2.45, 2.75) is 44.2 Å². The Labute approximate surface area is 120 Å². The summed E-state index contributed by atoms with van der Waals surface area (Å²) in [4.78, 5) is 14.1. The highest BCUT2D eigenvalue weighted by Crippen LogP contribution is 2.39. The molecule has 0 bridgehead atoms. The lowest BCUT2D eigenvalue weighted by atomic mass is 9.77. The maximum atomic E-state index is 12.4. The molecular formula is C16H23NO3. The summed E-state index contributed by atoms with van der Waals surface area (Å²) in [6, 6.07) is 6.98. The number of aromatic hydroxyl groups is 1. The zero-order valence-corrected chi connectivity index (χ0v) is 12.4. The van der Waals surface area contributed by atoms with Gasteiger partial charge in [0.15, 0.2) is 0 Å². The minimum Gasteiger partial charge on any atom is -0.508 e. The van der Waals surface area contributed by atoms with E-state index in [1.165, 1.54) is 0 Å². The smallest absolute Gasteiger partial charge is 0.225 e. The van der Waals surface area contributed by atoms with Gasteiger partial charge in [-0.25, -0.2) is 0 Å². The van der Waals surface area contributed by atoms with Crippen LogP contribution in [0.1, 0.15) is 44.2 Å². The molecule has 0 saturated heterocycles. The van der Waals surface area contributed by atoms with E-state index < -0.39 is 0 Å². The van der Waals surface area contributed by atoms with Crippen LogP contribution in [0, 0.1) is 0 Å². The monoisotopic (exact) mass is 277 g/mol. The molecule has 1 fully saturated rings. The normalized spacial score (nSPS) is 18.1. The van der Waals surface area contributed by atoms with Crippen molar-refractivity contribution in [3.05, 3.63) is 29.8 Å². The third kappa shape index (κ3) is 2.80. The number of ether oxygens (including phenoxy) is 1. The molecule has 0 radical (unpaired) electrons. The zero-order valence-electron chi connectivity index (χ0n) is 12.4. The zero-order chi connectivity index (χ0) is 14.8. The lowest BCUT2D eigenvalue weighted by Gasteiger charge is -2.41. The van der Waals surface area contributed by atoms with Gasteiger partial charge in [0.25, 0.3) is 0 Å². The molecule has 0 aromatic heterocycles. The number of para-hydroxylation sites is 1. The fourth-order valence-electron chi connectivity index (χ4n) is 2.69. The highest BCUT2D eigenvalue weighted by atomic mass is 16.5. The van der Waals surface area contributed by atoms with Crippen LogP contribution in [-0.2, 0) is 9.53 Å². The third-order valence-electron chi connectivity index (χ3n) is 4.53. The first kappa shape index (κ1) is 14.9. The predicted molar refractivity (Wildman–Crippen MR) is 77.5 cm³/mol. The summed E-state index contributed by atoms with van der Waals surface area (Å²) >= 11 is 0. The van der Waals surface area contributed by atoms with Gasteiger partial charge in [0.1, 0.15) is 5.75 Å². The molecule has 1 unspecified atom stereocenters. The first-order chi connectivity index (χ1) is 9.49. The van der Waals surface area contributed by atoms with Crippen molar-refractivity contribution in [1.29, 1.82) is 0 Å². The first-order valence-corrected chi connectivity index (χ1v) is 7.08. The van der Waals surface area contributed by atoms with Crippen molar-refractivity contribution in [1.82, 2.24) is 4.90 Å². The van der Waals surface area contributed by atoms with E-state index in [0.29, 0.717) is 6.42 Å². The van der Waals surface area contributed by atoms with E-state index in [1.54, 1.807) is 31.2 Å². The van der Waals surface area contributed by atoms with Gasteiger partial charge < -0.3 is 14.7 Å². The molecule has 1 aromatic carbocycles. The Kier molecular flexibility index (Phi) is 4.33. The minimum atomic E-state index is -0.260. The van der Waals surface area contributed by atoms with Gasteiger partial charge >= 0.3 is 0 Å². The molecule has 1 aromatic rings. The molecule has 1 saturated carbocycles.